The first-order chi connectivity index (χ1) is 3.81. The summed E-state index contributed by atoms with van der Waals surface area (Å²) in [5.74, 6) is 0. The van der Waals surface area contributed by atoms with Gasteiger partial charge in [0, 0.05) is 13.1 Å². The minimum absolute atomic E-state index is 0.461. The molecule has 0 aliphatic heterocycles. The van der Waals surface area contributed by atoms with Crippen molar-refractivity contribution in [2.45, 2.75) is 13.0 Å². The van der Waals surface area contributed by atoms with Crippen LogP contribution in [0.15, 0.2) is 12.3 Å². The molecule has 0 amide bonds. The maximum absolute atomic E-state index is 3.07. The Hall–Kier alpha value is -0.500. The first kappa shape index (κ1) is 7.50. The fourth-order valence-corrected chi connectivity index (χ4v) is 0.337. The van der Waals surface area contributed by atoms with Crippen LogP contribution in [-0.2, 0) is 0 Å². The fourth-order valence-electron chi connectivity index (χ4n) is 0.337. The molecule has 2 heteroatoms. The van der Waals surface area contributed by atoms with Gasteiger partial charge < -0.3 is 10.6 Å². The number of likely N-dealkylation sites (N-methyl/N-ethyl adjacent to an activating group) is 1. The first-order valence-corrected chi connectivity index (χ1v) is 2.82. The van der Waals surface area contributed by atoms with Crippen molar-refractivity contribution in [3.8, 4) is 0 Å². The number of rotatable bonds is 3. The van der Waals surface area contributed by atoms with Crippen LogP contribution in [0, 0.1) is 0 Å². The van der Waals surface area contributed by atoms with Gasteiger partial charge in [0.05, 0.1) is 0 Å². The van der Waals surface area contributed by atoms with Crippen molar-refractivity contribution in [2.24, 2.45) is 0 Å². The van der Waals surface area contributed by atoms with Gasteiger partial charge in [-0.3, -0.25) is 0 Å². The van der Waals surface area contributed by atoms with Crippen LogP contribution in [0.5, 0.6) is 0 Å². The molecule has 0 saturated heterocycles. The quantitative estimate of drug-likeness (QED) is 0.552. The summed E-state index contributed by atoms with van der Waals surface area (Å²) in [5, 5.41) is 5.99. The first-order valence-electron chi connectivity index (χ1n) is 2.82. The highest BCUT2D eigenvalue weighted by Gasteiger charge is 1.84. The van der Waals surface area contributed by atoms with Gasteiger partial charge in [-0.2, -0.15) is 0 Å². The lowest BCUT2D eigenvalue weighted by Gasteiger charge is -2.00. The number of nitrogens with one attached hydrogen (secondary N) is 2. The highest BCUT2D eigenvalue weighted by atomic mass is 14.9. The van der Waals surface area contributed by atoms with Crippen LogP contribution in [-0.4, -0.2) is 20.1 Å². The SMILES string of the molecule is CN/C=C/C(C)NC. The van der Waals surface area contributed by atoms with E-state index in [1.807, 2.05) is 20.3 Å². The third-order valence-electron chi connectivity index (χ3n) is 1.01. The van der Waals surface area contributed by atoms with Crippen LogP contribution in [0.2, 0.25) is 0 Å². The molecule has 0 spiro atoms. The topological polar surface area (TPSA) is 24.1 Å². The molecule has 0 aliphatic carbocycles. The molecule has 0 aromatic heterocycles. The Kier molecular flexibility index (Phi) is 4.36. The Morgan fingerprint density at radius 2 is 2.00 bits per heavy atom. The van der Waals surface area contributed by atoms with E-state index in [-0.39, 0.29) is 0 Å². The predicted octanol–water partition coefficient (Wildman–Crippen LogP) is 0.327. The van der Waals surface area contributed by atoms with Gasteiger partial charge in [-0.15, -0.1) is 0 Å². The van der Waals surface area contributed by atoms with E-state index in [0.717, 1.165) is 0 Å². The Morgan fingerprint density at radius 3 is 2.38 bits per heavy atom. The Morgan fingerprint density at radius 1 is 1.38 bits per heavy atom. The minimum Gasteiger partial charge on any atom is -0.394 e. The maximum Gasteiger partial charge on any atom is 0.0235 e. The monoisotopic (exact) mass is 114 g/mol. The van der Waals surface area contributed by atoms with Gasteiger partial charge in [-0.1, -0.05) is 6.08 Å². The van der Waals surface area contributed by atoms with Crippen LogP contribution < -0.4 is 10.6 Å². The highest BCUT2D eigenvalue weighted by Crippen LogP contribution is 1.78. The summed E-state index contributed by atoms with van der Waals surface area (Å²) in [4.78, 5) is 0. The van der Waals surface area contributed by atoms with E-state index in [0.29, 0.717) is 6.04 Å². The molecule has 0 fully saturated rings. The zero-order valence-corrected chi connectivity index (χ0v) is 5.73. The van der Waals surface area contributed by atoms with Crippen LogP contribution in [0.4, 0.5) is 0 Å². The van der Waals surface area contributed by atoms with Gasteiger partial charge in [0.1, 0.15) is 0 Å². The normalized spacial score (nSPS) is 14.4. The molecule has 0 radical (unpaired) electrons. The van der Waals surface area contributed by atoms with E-state index in [1.165, 1.54) is 0 Å². The molecule has 0 rings (SSSR count). The van der Waals surface area contributed by atoms with Crippen LogP contribution in [0.3, 0.4) is 0 Å². The molecule has 2 N–H and O–H groups in total. The molecular weight excluding hydrogens is 100 g/mol. The molecule has 0 saturated carbocycles. The average molecular weight is 114 g/mol. The lowest BCUT2D eigenvalue weighted by molar-refractivity contribution is 0.725. The molecule has 2 nitrogen and oxygen atoms in total. The summed E-state index contributed by atoms with van der Waals surface area (Å²) in [5.41, 5.74) is 0. The van der Waals surface area contributed by atoms with Crippen molar-refractivity contribution in [1.82, 2.24) is 10.6 Å². The maximum atomic E-state index is 3.07. The Labute approximate surface area is 51.0 Å². The summed E-state index contributed by atoms with van der Waals surface area (Å²) < 4.78 is 0. The molecule has 0 aromatic rings. The largest absolute Gasteiger partial charge is 0.394 e. The smallest absolute Gasteiger partial charge is 0.0235 e. The summed E-state index contributed by atoms with van der Waals surface area (Å²) in [7, 11) is 3.82. The van der Waals surface area contributed by atoms with Crippen LogP contribution in [0.1, 0.15) is 6.92 Å². The van der Waals surface area contributed by atoms with Crippen molar-refractivity contribution in [2.75, 3.05) is 14.1 Å². The van der Waals surface area contributed by atoms with Crippen molar-refractivity contribution in [1.29, 1.82) is 0 Å². The second kappa shape index (κ2) is 4.65. The van der Waals surface area contributed by atoms with Crippen molar-refractivity contribution < 1.29 is 0 Å². The van der Waals surface area contributed by atoms with Crippen molar-refractivity contribution >= 4 is 0 Å². The molecule has 1 atom stereocenters. The van der Waals surface area contributed by atoms with Crippen LogP contribution >= 0.6 is 0 Å². The summed E-state index contributed by atoms with van der Waals surface area (Å²) in [6, 6.07) is 0.461. The Balaban J connectivity index is 3.21. The Bertz CT molecular complexity index is 68.9. The van der Waals surface area contributed by atoms with Gasteiger partial charge in [0.2, 0.25) is 0 Å². The van der Waals surface area contributed by atoms with Gasteiger partial charge >= 0.3 is 0 Å². The molecule has 0 bridgehead atoms. The van der Waals surface area contributed by atoms with Crippen molar-refractivity contribution in [3.63, 3.8) is 0 Å². The molecule has 1 unspecified atom stereocenters. The second-order valence-electron chi connectivity index (χ2n) is 1.73. The number of hydrogen-bond acceptors (Lipinski definition) is 2. The molecule has 0 aromatic carbocycles. The lowest BCUT2D eigenvalue weighted by atomic mass is 10.3. The zero-order chi connectivity index (χ0) is 6.41. The molecule has 0 aliphatic rings. The van der Waals surface area contributed by atoms with E-state index in [1.54, 1.807) is 0 Å². The second-order valence-corrected chi connectivity index (χ2v) is 1.73. The average Bonchev–Trinajstić information content (AvgIpc) is 1.83. The standard InChI is InChI=1S/C6H14N2/c1-6(8-3)4-5-7-2/h4-8H,1-3H3/b5-4+. The predicted molar refractivity (Wildman–Crippen MR) is 36.7 cm³/mol. The minimum atomic E-state index is 0.461. The fraction of sp³-hybridized carbons (Fsp3) is 0.667. The lowest BCUT2D eigenvalue weighted by Crippen LogP contribution is -2.18. The third-order valence-corrected chi connectivity index (χ3v) is 1.01. The zero-order valence-electron chi connectivity index (χ0n) is 5.73. The molecule has 8 heavy (non-hydrogen) atoms. The van der Waals surface area contributed by atoms with E-state index in [9.17, 15) is 0 Å². The van der Waals surface area contributed by atoms with Crippen LogP contribution in [0.25, 0.3) is 0 Å². The van der Waals surface area contributed by atoms with E-state index < -0.39 is 0 Å². The molecule has 48 valence electrons. The third kappa shape index (κ3) is 3.68. The molecular formula is C6H14N2. The van der Waals surface area contributed by atoms with Crippen molar-refractivity contribution in [3.05, 3.63) is 12.3 Å². The molecule has 0 heterocycles. The van der Waals surface area contributed by atoms with E-state index in [4.69, 9.17) is 0 Å². The van der Waals surface area contributed by atoms with Gasteiger partial charge in [-0.25, -0.2) is 0 Å². The van der Waals surface area contributed by atoms with Gasteiger partial charge in [0.15, 0.2) is 0 Å². The summed E-state index contributed by atoms with van der Waals surface area (Å²) in [6.07, 6.45) is 3.97. The van der Waals surface area contributed by atoms with Gasteiger partial charge in [0.25, 0.3) is 0 Å². The highest BCUT2D eigenvalue weighted by molar-refractivity contribution is 4.87. The summed E-state index contributed by atoms with van der Waals surface area (Å²) >= 11 is 0. The van der Waals surface area contributed by atoms with Gasteiger partial charge in [-0.05, 0) is 20.2 Å². The summed E-state index contributed by atoms with van der Waals surface area (Å²) in [6.45, 7) is 2.09. The van der Waals surface area contributed by atoms with E-state index >= 15 is 0 Å². The number of hydrogen-bond donors (Lipinski definition) is 2. The van der Waals surface area contributed by atoms with E-state index in [2.05, 4.69) is 23.6 Å².